The first-order valence-corrected chi connectivity index (χ1v) is 9.81. The molecule has 2 heterocycles. The Morgan fingerprint density at radius 1 is 1.04 bits per heavy atom. The Bertz CT molecular complexity index is 727. The molecule has 0 radical (unpaired) electrons. The summed E-state index contributed by atoms with van der Waals surface area (Å²) in [7, 11) is 0. The molecule has 4 nitrogen and oxygen atoms in total. The molecule has 6 heteroatoms. The van der Waals surface area contributed by atoms with Gasteiger partial charge in [-0.25, -0.2) is 4.68 Å². The van der Waals surface area contributed by atoms with Gasteiger partial charge in [0.2, 0.25) is 5.88 Å². The number of halogens is 2. The van der Waals surface area contributed by atoms with Crippen molar-refractivity contribution >= 4 is 23.2 Å². The summed E-state index contributed by atoms with van der Waals surface area (Å²) in [5.41, 5.74) is 0.875. The quantitative estimate of drug-likeness (QED) is 0.729. The molecule has 0 bridgehead atoms. The molecule has 2 unspecified atom stereocenters. The molecule has 0 spiro atoms. The van der Waals surface area contributed by atoms with Crippen molar-refractivity contribution in [3.63, 3.8) is 0 Å². The van der Waals surface area contributed by atoms with Gasteiger partial charge in [-0.2, -0.15) is 0 Å². The van der Waals surface area contributed by atoms with Crippen LogP contribution in [0.5, 0.6) is 5.88 Å². The van der Waals surface area contributed by atoms with E-state index in [0.717, 1.165) is 18.2 Å². The first kappa shape index (κ1) is 17.2. The van der Waals surface area contributed by atoms with Crippen LogP contribution in [0, 0.1) is 11.8 Å². The van der Waals surface area contributed by atoms with Gasteiger partial charge in [0.05, 0.1) is 22.3 Å². The fraction of sp³-hybridized carbons (Fsp3) is 0.526. The van der Waals surface area contributed by atoms with Crippen LogP contribution in [0.1, 0.15) is 25.7 Å². The molecular formula is C19H23Cl2N3O. The smallest absolute Gasteiger partial charge is 0.233 e. The minimum atomic E-state index is 0.524. The van der Waals surface area contributed by atoms with E-state index in [2.05, 4.69) is 10.00 Å². The summed E-state index contributed by atoms with van der Waals surface area (Å²) in [6.45, 7) is 4.55. The Kier molecular flexibility index (Phi) is 5.20. The van der Waals surface area contributed by atoms with Crippen molar-refractivity contribution in [1.29, 1.82) is 0 Å². The lowest BCUT2D eigenvalue weighted by Crippen LogP contribution is -2.39. The summed E-state index contributed by atoms with van der Waals surface area (Å²) in [5.74, 6) is 2.11. The molecule has 0 N–H and O–H groups in total. The number of hydrogen-bond donors (Lipinski definition) is 0. The molecule has 2 aliphatic rings. The SMILES string of the molecule is Clc1ccc(-n2ccc(OCC3CCC3CN3CCCC3)n2)cc1Cl. The van der Waals surface area contributed by atoms with E-state index >= 15 is 0 Å². The van der Waals surface area contributed by atoms with Gasteiger partial charge in [0, 0.05) is 18.8 Å². The standard InChI is InChI=1S/C19H23Cl2N3O/c20-17-6-5-16(11-18(17)21)24-10-7-19(22-24)25-13-15-4-3-14(15)12-23-8-1-2-9-23/h5-7,10-11,14-15H,1-4,8-9,12-13H2. The summed E-state index contributed by atoms with van der Waals surface area (Å²) >= 11 is 12.0. The normalized spacial score (nSPS) is 23.6. The molecule has 1 aliphatic heterocycles. The molecule has 1 saturated carbocycles. The largest absolute Gasteiger partial charge is 0.476 e. The van der Waals surface area contributed by atoms with Crippen molar-refractivity contribution < 1.29 is 4.74 Å². The van der Waals surface area contributed by atoms with E-state index in [1.807, 2.05) is 18.3 Å². The molecule has 2 fully saturated rings. The molecule has 0 amide bonds. The number of ether oxygens (including phenoxy) is 1. The van der Waals surface area contributed by atoms with Crippen molar-refractivity contribution in [2.45, 2.75) is 25.7 Å². The molecular weight excluding hydrogens is 357 g/mol. The van der Waals surface area contributed by atoms with Crippen LogP contribution in [0.2, 0.25) is 10.0 Å². The van der Waals surface area contributed by atoms with Gasteiger partial charge in [-0.15, -0.1) is 5.10 Å². The van der Waals surface area contributed by atoms with Gasteiger partial charge in [0.1, 0.15) is 0 Å². The third-order valence-corrected chi connectivity index (χ3v) is 6.18. The zero-order valence-electron chi connectivity index (χ0n) is 14.2. The summed E-state index contributed by atoms with van der Waals surface area (Å²) in [5, 5.41) is 5.56. The van der Waals surface area contributed by atoms with Gasteiger partial charge in [0.15, 0.2) is 0 Å². The lowest BCUT2D eigenvalue weighted by molar-refractivity contribution is 0.0732. The monoisotopic (exact) mass is 379 g/mol. The van der Waals surface area contributed by atoms with E-state index in [1.54, 1.807) is 16.8 Å². The molecule has 1 aliphatic carbocycles. The van der Waals surface area contributed by atoms with Crippen LogP contribution in [0.15, 0.2) is 30.5 Å². The predicted octanol–water partition coefficient (Wildman–Crippen LogP) is 4.68. The van der Waals surface area contributed by atoms with Crippen molar-refractivity contribution in [2.24, 2.45) is 11.8 Å². The first-order valence-electron chi connectivity index (χ1n) is 9.05. The lowest BCUT2D eigenvalue weighted by atomic mass is 9.74. The summed E-state index contributed by atoms with van der Waals surface area (Å²) in [4.78, 5) is 2.61. The molecule has 25 heavy (non-hydrogen) atoms. The maximum atomic E-state index is 6.08. The number of hydrogen-bond acceptors (Lipinski definition) is 3. The maximum absolute atomic E-state index is 6.08. The number of aromatic nitrogens is 2. The average molecular weight is 380 g/mol. The molecule has 2 atom stereocenters. The van der Waals surface area contributed by atoms with Gasteiger partial charge >= 0.3 is 0 Å². The van der Waals surface area contributed by atoms with Crippen molar-refractivity contribution in [2.75, 3.05) is 26.2 Å². The van der Waals surface area contributed by atoms with Crippen LogP contribution >= 0.6 is 23.2 Å². The molecule has 1 aromatic heterocycles. The second-order valence-electron chi connectivity index (χ2n) is 7.11. The zero-order valence-corrected chi connectivity index (χ0v) is 15.7. The van der Waals surface area contributed by atoms with E-state index in [9.17, 15) is 0 Å². The van der Waals surface area contributed by atoms with Crippen LogP contribution in [0.4, 0.5) is 0 Å². The van der Waals surface area contributed by atoms with Crippen LogP contribution in [-0.2, 0) is 0 Å². The van der Waals surface area contributed by atoms with E-state index < -0.39 is 0 Å². The van der Waals surface area contributed by atoms with Crippen LogP contribution in [-0.4, -0.2) is 40.9 Å². The summed E-state index contributed by atoms with van der Waals surface area (Å²) in [6, 6.07) is 7.37. The second-order valence-corrected chi connectivity index (χ2v) is 7.93. The fourth-order valence-corrected chi connectivity index (χ4v) is 4.03. The highest BCUT2D eigenvalue weighted by molar-refractivity contribution is 6.42. The van der Waals surface area contributed by atoms with Gasteiger partial charge in [-0.1, -0.05) is 23.2 Å². The molecule has 134 valence electrons. The van der Waals surface area contributed by atoms with Gasteiger partial charge in [-0.05, 0) is 68.8 Å². The Balaban J connectivity index is 1.31. The maximum Gasteiger partial charge on any atom is 0.233 e. The van der Waals surface area contributed by atoms with Crippen LogP contribution in [0.3, 0.4) is 0 Å². The van der Waals surface area contributed by atoms with E-state index in [4.69, 9.17) is 27.9 Å². The number of nitrogens with zero attached hydrogens (tertiary/aromatic N) is 3. The molecule has 2 aromatic rings. The fourth-order valence-electron chi connectivity index (χ4n) is 3.74. The Hall–Kier alpha value is -1.23. The van der Waals surface area contributed by atoms with Crippen molar-refractivity contribution in [3.8, 4) is 11.6 Å². The van der Waals surface area contributed by atoms with Gasteiger partial charge in [-0.3, -0.25) is 0 Å². The van der Waals surface area contributed by atoms with Crippen LogP contribution in [0.25, 0.3) is 5.69 Å². The first-order chi connectivity index (χ1) is 12.2. The van der Waals surface area contributed by atoms with E-state index in [0.29, 0.717) is 21.8 Å². The van der Waals surface area contributed by atoms with Crippen molar-refractivity contribution in [1.82, 2.24) is 14.7 Å². The van der Waals surface area contributed by atoms with Crippen molar-refractivity contribution in [3.05, 3.63) is 40.5 Å². The molecule has 1 aromatic carbocycles. The molecule has 4 rings (SSSR count). The summed E-state index contributed by atoms with van der Waals surface area (Å²) in [6.07, 6.45) is 7.21. The lowest BCUT2D eigenvalue weighted by Gasteiger charge is -2.38. The van der Waals surface area contributed by atoms with Gasteiger partial charge < -0.3 is 9.64 Å². The second kappa shape index (κ2) is 7.56. The third-order valence-electron chi connectivity index (χ3n) is 5.44. The Morgan fingerprint density at radius 2 is 1.84 bits per heavy atom. The highest BCUT2D eigenvalue weighted by Crippen LogP contribution is 2.36. The number of rotatable bonds is 6. The average Bonchev–Trinajstić information content (AvgIpc) is 3.26. The highest BCUT2D eigenvalue weighted by Gasteiger charge is 2.33. The number of likely N-dealkylation sites (tertiary alicyclic amines) is 1. The number of benzene rings is 1. The Labute approximate surface area is 158 Å². The van der Waals surface area contributed by atoms with E-state index in [1.165, 1.54) is 45.3 Å². The minimum Gasteiger partial charge on any atom is -0.476 e. The third kappa shape index (κ3) is 3.97. The Morgan fingerprint density at radius 3 is 2.56 bits per heavy atom. The highest BCUT2D eigenvalue weighted by atomic mass is 35.5. The van der Waals surface area contributed by atoms with Gasteiger partial charge in [0.25, 0.3) is 0 Å². The predicted molar refractivity (Wildman–Crippen MR) is 101 cm³/mol. The van der Waals surface area contributed by atoms with Crippen LogP contribution < -0.4 is 4.74 Å². The summed E-state index contributed by atoms with van der Waals surface area (Å²) < 4.78 is 7.72. The minimum absolute atomic E-state index is 0.524. The zero-order chi connectivity index (χ0) is 17.2. The van der Waals surface area contributed by atoms with E-state index in [-0.39, 0.29) is 0 Å². The molecule has 1 saturated heterocycles. The topological polar surface area (TPSA) is 30.3 Å².